The average Bonchev–Trinajstić information content (AvgIpc) is 3.50. The summed E-state index contributed by atoms with van der Waals surface area (Å²) in [6.45, 7) is 0.701. The van der Waals surface area contributed by atoms with Crippen LogP contribution in [0.3, 0.4) is 0 Å². The summed E-state index contributed by atoms with van der Waals surface area (Å²) < 4.78 is 25.7. The van der Waals surface area contributed by atoms with Crippen LogP contribution in [0.25, 0.3) is 0 Å². The van der Waals surface area contributed by atoms with Crippen molar-refractivity contribution in [2.75, 3.05) is 23.4 Å². The van der Waals surface area contributed by atoms with Crippen LogP contribution in [-0.4, -0.2) is 47.2 Å². The number of anilines is 2. The lowest BCUT2D eigenvalue weighted by Crippen LogP contribution is -2.53. The Morgan fingerprint density at radius 2 is 1.72 bits per heavy atom. The number of nitrogens with one attached hydrogen (secondary N) is 2. The number of phenolic OH excluding ortho intramolecular Hbond substituents is 2. The van der Waals surface area contributed by atoms with Crippen LogP contribution >= 0.6 is 0 Å². The third-order valence-electron chi connectivity index (χ3n) is 7.96. The highest BCUT2D eigenvalue weighted by atomic mass is 19.1. The van der Waals surface area contributed by atoms with Crippen molar-refractivity contribution < 1.29 is 38.5 Å². The van der Waals surface area contributed by atoms with Crippen molar-refractivity contribution in [3.05, 3.63) is 71.5 Å². The highest BCUT2D eigenvalue weighted by Crippen LogP contribution is 2.54. The molecule has 0 bridgehead atoms. The molecule has 0 saturated carbocycles. The first-order chi connectivity index (χ1) is 18.8. The lowest BCUT2D eigenvalue weighted by atomic mass is 9.76. The summed E-state index contributed by atoms with van der Waals surface area (Å²) in [7, 11) is 0. The van der Waals surface area contributed by atoms with Crippen LogP contribution in [0.4, 0.5) is 15.8 Å². The summed E-state index contributed by atoms with van der Waals surface area (Å²) in [4.78, 5) is 42.8. The molecule has 198 valence electrons. The van der Waals surface area contributed by atoms with E-state index in [1.807, 2.05) is 0 Å². The van der Waals surface area contributed by atoms with Crippen molar-refractivity contribution >= 4 is 29.1 Å². The van der Waals surface area contributed by atoms with Gasteiger partial charge in [0.25, 0.3) is 0 Å². The second-order valence-electron chi connectivity index (χ2n) is 10.1. The number of rotatable bonds is 3. The monoisotopic (exact) mass is 531 g/mol. The van der Waals surface area contributed by atoms with Gasteiger partial charge >= 0.3 is 0 Å². The van der Waals surface area contributed by atoms with E-state index in [1.165, 1.54) is 30.3 Å². The van der Waals surface area contributed by atoms with Crippen LogP contribution in [0, 0.1) is 17.7 Å². The Labute approximate surface area is 220 Å². The molecule has 11 heteroatoms. The van der Waals surface area contributed by atoms with Gasteiger partial charge < -0.3 is 25.0 Å². The lowest BCUT2D eigenvalue weighted by molar-refractivity contribution is -0.130. The summed E-state index contributed by atoms with van der Waals surface area (Å²) in [5, 5.41) is 25.7. The van der Waals surface area contributed by atoms with Gasteiger partial charge in [-0.15, -0.1) is 0 Å². The number of carbonyl (C=O) groups is 3. The molecule has 2 fully saturated rings. The van der Waals surface area contributed by atoms with Crippen molar-refractivity contribution in [2.45, 2.75) is 18.0 Å². The molecular formula is C28H22FN3O7. The van der Waals surface area contributed by atoms with Gasteiger partial charge in [-0.25, -0.2) is 9.29 Å². The molecule has 4 heterocycles. The smallest absolute Gasteiger partial charge is 0.250 e. The van der Waals surface area contributed by atoms with E-state index in [4.69, 9.17) is 9.47 Å². The Hall–Kier alpha value is -4.64. The third-order valence-corrected chi connectivity index (χ3v) is 7.96. The van der Waals surface area contributed by atoms with Gasteiger partial charge in [0.1, 0.15) is 24.6 Å². The largest absolute Gasteiger partial charge is 0.504 e. The number of amides is 3. The molecule has 1 spiro atoms. The zero-order valence-electron chi connectivity index (χ0n) is 20.3. The van der Waals surface area contributed by atoms with E-state index in [0.717, 1.165) is 4.90 Å². The fraction of sp³-hybridized carbons (Fsp3) is 0.250. The quantitative estimate of drug-likeness (QED) is 0.298. The molecule has 2 saturated heterocycles. The zero-order chi connectivity index (χ0) is 27.1. The number of imide groups is 1. The fourth-order valence-electron chi connectivity index (χ4n) is 6.32. The van der Waals surface area contributed by atoms with Crippen molar-refractivity contribution in [1.29, 1.82) is 0 Å². The Morgan fingerprint density at radius 1 is 0.923 bits per heavy atom. The number of halogens is 1. The average molecular weight is 531 g/mol. The summed E-state index contributed by atoms with van der Waals surface area (Å²) in [5.41, 5.74) is -0.245. The molecule has 7 rings (SSSR count). The molecule has 0 unspecified atom stereocenters. The molecule has 4 atom stereocenters. The Balaban J connectivity index is 1.35. The van der Waals surface area contributed by atoms with Crippen molar-refractivity contribution in [2.24, 2.45) is 11.8 Å². The van der Waals surface area contributed by atoms with Gasteiger partial charge in [0.05, 0.1) is 17.5 Å². The molecule has 0 aliphatic carbocycles. The maximum atomic E-state index is 14.5. The zero-order valence-corrected chi connectivity index (χ0v) is 20.3. The summed E-state index contributed by atoms with van der Waals surface area (Å²) in [5.74, 6) is -4.17. The molecule has 0 radical (unpaired) electrons. The summed E-state index contributed by atoms with van der Waals surface area (Å²) in [6.07, 6.45) is 0.142. The van der Waals surface area contributed by atoms with E-state index < -0.39 is 47.0 Å². The van der Waals surface area contributed by atoms with Crippen LogP contribution in [0.5, 0.6) is 23.0 Å². The number of hydrogen-bond acceptors (Lipinski definition) is 8. The number of aromatic hydroxyl groups is 2. The van der Waals surface area contributed by atoms with Crippen LogP contribution in [0.1, 0.15) is 11.1 Å². The standard InChI is InChI=1S/C28H22FN3O7/c29-14-2-4-17-16(11-14)28(27(37)30-17)24-23(18(31-28)9-13-1-5-19(33)20(34)10-13)25(35)32(26(24)36)15-3-6-21-22(12-15)39-8-7-38-21/h1-6,10-12,18,23-24,31,33-34H,7-9H2,(H,30,37)/t18-,23+,24-,28-/m0/s1. The minimum atomic E-state index is -1.69. The summed E-state index contributed by atoms with van der Waals surface area (Å²) in [6, 6.07) is 12.1. The van der Waals surface area contributed by atoms with E-state index in [-0.39, 0.29) is 29.2 Å². The molecule has 4 aliphatic rings. The van der Waals surface area contributed by atoms with Crippen LogP contribution < -0.4 is 25.0 Å². The third kappa shape index (κ3) is 3.26. The number of nitrogens with zero attached hydrogens (tertiary/aromatic N) is 1. The topological polar surface area (TPSA) is 137 Å². The molecule has 3 aromatic rings. The number of carbonyl (C=O) groups excluding carboxylic acids is 3. The first kappa shape index (κ1) is 23.5. The second-order valence-corrected chi connectivity index (χ2v) is 10.1. The molecule has 4 N–H and O–H groups in total. The van der Waals surface area contributed by atoms with E-state index in [9.17, 15) is 29.0 Å². The second kappa shape index (κ2) is 8.18. The Kier molecular flexibility index (Phi) is 4.92. The molecule has 10 nitrogen and oxygen atoms in total. The SMILES string of the molecule is O=C1[C@@H]2[C@H](Cc3ccc(O)c(O)c3)N[C@]3(C(=O)Nc4ccc(F)cc43)[C@@H]2C(=O)N1c1ccc2c(c1)OCCO2. The number of phenols is 2. The number of ether oxygens (including phenoxy) is 2. The van der Waals surface area contributed by atoms with Crippen LogP contribution in [0.15, 0.2) is 54.6 Å². The van der Waals surface area contributed by atoms with Gasteiger partial charge in [-0.2, -0.15) is 0 Å². The van der Waals surface area contributed by atoms with Gasteiger partial charge in [0, 0.05) is 23.4 Å². The number of fused-ring (bicyclic) bond motifs is 5. The number of hydrogen-bond donors (Lipinski definition) is 4. The van der Waals surface area contributed by atoms with Gasteiger partial charge in [-0.05, 0) is 54.4 Å². The van der Waals surface area contributed by atoms with Gasteiger partial charge in [0.2, 0.25) is 17.7 Å². The van der Waals surface area contributed by atoms with Crippen LogP contribution in [-0.2, 0) is 26.3 Å². The van der Waals surface area contributed by atoms with E-state index in [1.54, 1.807) is 24.3 Å². The maximum absolute atomic E-state index is 14.5. The molecule has 3 amide bonds. The molecule has 0 aromatic heterocycles. The predicted molar refractivity (Wildman–Crippen MR) is 134 cm³/mol. The van der Waals surface area contributed by atoms with Crippen LogP contribution in [0.2, 0.25) is 0 Å². The number of benzene rings is 3. The maximum Gasteiger partial charge on any atom is 0.250 e. The van der Waals surface area contributed by atoms with Crippen molar-refractivity contribution in [3.63, 3.8) is 0 Å². The van der Waals surface area contributed by atoms with E-state index in [2.05, 4.69) is 10.6 Å². The highest BCUT2D eigenvalue weighted by molar-refractivity contribution is 6.26. The highest BCUT2D eigenvalue weighted by Gasteiger charge is 2.70. The minimum Gasteiger partial charge on any atom is -0.504 e. The fourth-order valence-corrected chi connectivity index (χ4v) is 6.32. The predicted octanol–water partition coefficient (Wildman–Crippen LogP) is 2.18. The van der Waals surface area contributed by atoms with E-state index in [0.29, 0.717) is 36.0 Å². The van der Waals surface area contributed by atoms with Gasteiger partial charge in [0.15, 0.2) is 23.0 Å². The minimum absolute atomic E-state index is 0.142. The normalized spacial score (nSPS) is 26.6. The van der Waals surface area contributed by atoms with E-state index >= 15 is 0 Å². The lowest BCUT2D eigenvalue weighted by Gasteiger charge is -2.30. The Bertz CT molecular complexity index is 1590. The Morgan fingerprint density at radius 3 is 2.51 bits per heavy atom. The van der Waals surface area contributed by atoms with Crippen molar-refractivity contribution in [3.8, 4) is 23.0 Å². The van der Waals surface area contributed by atoms with Gasteiger partial charge in [-0.1, -0.05) is 6.07 Å². The molecule has 3 aromatic carbocycles. The first-order valence-corrected chi connectivity index (χ1v) is 12.5. The first-order valence-electron chi connectivity index (χ1n) is 12.5. The van der Waals surface area contributed by atoms with Gasteiger partial charge in [-0.3, -0.25) is 19.7 Å². The molecular weight excluding hydrogens is 509 g/mol. The molecule has 39 heavy (non-hydrogen) atoms. The summed E-state index contributed by atoms with van der Waals surface area (Å²) >= 11 is 0. The molecule has 4 aliphatic heterocycles. The van der Waals surface area contributed by atoms with Crippen molar-refractivity contribution in [1.82, 2.24) is 5.32 Å².